The normalized spacial score (nSPS) is 20.6. The lowest BCUT2D eigenvalue weighted by molar-refractivity contribution is 0.0911. The van der Waals surface area contributed by atoms with Crippen LogP contribution in [-0.2, 0) is 12.8 Å². The molecule has 2 saturated heterocycles. The third-order valence-electron chi connectivity index (χ3n) is 6.36. The number of carbonyl (C=O) groups is 1. The number of benzene rings is 2. The highest BCUT2D eigenvalue weighted by atomic mass is 16.1. The first-order valence-corrected chi connectivity index (χ1v) is 11.1. The fraction of sp³-hybridized carbons (Fsp3) is 0.480. The van der Waals surface area contributed by atoms with Crippen LogP contribution in [0.15, 0.2) is 54.6 Å². The Bertz CT molecular complexity index is 778. The summed E-state index contributed by atoms with van der Waals surface area (Å²) < 4.78 is 0. The van der Waals surface area contributed by atoms with E-state index < -0.39 is 0 Å². The minimum absolute atomic E-state index is 0.0825. The maximum absolute atomic E-state index is 12.8. The average Bonchev–Trinajstić information content (AvgIpc) is 3.27. The molecule has 4 nitrogen and oxygen atoms in total. The van der Waals surface area contributed by atoms with Crippen LogP contribution in [0.2, 0.25) is 0 Å². The van der Waals surface area contributed by atoms with Gasteiger partial charge in [-0.1, -0.05) is 42.5 Å². The van der Waals surface area contributed by atoms with Gasteiger partial charge in [0.25, 0.3) is 5.91 Å². The molecule has 2 heterocycles. The van der Waals surface area contributed by atoms with Crippen LogP contribution >= 0.6 is 0 Å². The molecule has 2 aromatic rings. The lowest BCUT2D eigenvalue weighted by Crippen LogP contribution is -2.45. The Labute approximate surface area is 174 Å². The summed E-state index contributed by atoms with van der Waals surface area (Å²) in [6.45, 7) is 5.44. The summed E-state index contributed by atoms with van der Waals surface area (Å²) in [5.74, 6) is 0.785. The van der Waals surface area contributed by atoms with Crippen LogP contribution in [0.3, 0.4) is 0 Å². The van der Waals surface area contributed by atoms with Crippen molar-refractivity contribution in [2.75, 3.05) is 32.7 Å². The van der Waals surface area contributed by atoms with Gasteiger partial charge in [-0.25, -0.2) is 0 Å². The van der Waals surface area contributed by atoms with E-state index in [9.17, 15) is 4.79 Å². The summed E-state index contributed by atoms with van der Waals surface area (Å²) in [5, 5.41) is 6.70. The zero-order valence-corrected chi connectivity index (χ0v) is 17.3. The van der Waals surface area contributed by atoms with Crippen molar-refractivity contribution in [3.05, 3.63) is 71.3 Å². The van der Waals surface area contributed by atoms with Gasteiger partial charge in [0, 0.05) is 31.2 Å². The minimum Gasteiger partial charge on any atom is -0.349 e. The van der Waals surface area contributed by atoms with Gasteiger partial charge in [-0.2, -0.15) is 0 Å². The third kappa shape index (κ3) is 5.91. The van der Waals surface area contributed by atoms with E-state index in [1.165, 1.54) is 17.5 Å². The molecule has 154 valence electrons. The van der Waals surface area contributed by atoms with Crippen LogP contribution in [0.25, 0.3) is 0 Å². The molecule has 2 aromatic carbocycles. The zero-order valence-electron chi connectivity index (χ0n) is 17.3. The molecule has 1 atom stereocenters. The number of amides is 1. The number of nitrogens with one attached hydrogen (secondary N) is 2. The largest absolute Gasteiger partial charge is 0.349 e. The molecule has 0 saturated carbocycles. The Balaban J connectivity index is 1.22. The zero-order chi connectivity index (χ0) is 19.9. The van der Waals surface area contributed by atoms with Gasteiger partial charge in [0.15, 0.2) is 0 Å². The second-order valence-electron chi connectivity index (χ2n) is 8.59. The van der Waals surface area contributed by atoms with Crippen LogP contribution in [-0.4, -0.2) is 49.6 Å². The van der Waals surface area contributed by atoms with E-state index in [2.05, 4.69) is 58.0 Å². The Hall–Kier alpha value is -2.17. The second kappa shape index (κ2) is 10.0. The molecule has 2 N–H and O–H groups in total. The van der Waals surface area contributed by atoms with E-state index in [-0.39, 0.29) is 11.9 Å². The lowest BCUT2D eigenvalue weighted by atomic mass is 9.97. The highest BCUT2D eigenvalue weighted by Gasteiger charge is 2.21. The van der Waals surface area contributed by atoms with Crippen molar-refractivity contribution >= 4 is 5.91 Å². The molecule has 4 heteroatoms. The van der Waals surface area contributed by atoms with Crippen LogP contribution < -0.4 is 10.6 Å². The summed E-state index contributed by atoms with van der Waals surface area (Å²) in [6.07, 6.45) is 5.47. The van der Waals surface area contributed by atoms with Gasteiger partial charge in [0.05, 0.1) is 0 Å². The van der Waals surface area contributed by atoms with Crippen LogP contribution in [0.4, 0.5) is 0 Å². The van der Waals surface area contributed by atoms with Gasteiger partial charge >= 0.3 is 0 Å². The van der Waals surface area contributed by atoms with Gasteiger partial charge in [0.2, 0.25) is 0 Å². The lowest BCUT2D eigenvalue weighted by Gasteiger charge is -2.32. The highest BCUT2D eigenvalue weighted by molar-refractivity contribution is 5.94. The first-order chi connectivity index (χ1) is 14.3. The van der Waals surface area contributed by atoms with Crippen molar-refractivity contribution in [3.63, 3.8) is 0 Å². The summed E-state index contributed by atoms with van der Waals surface area (Å²) in [4.78, 5) is 15.3. The van der Waals surface area contributed by atoms with E-state index in [0.29, 0.717) is 5.92 Å². The molecular formula is C25H33N3O. The van der Waals surface area contributed by atoms with Crippen LogP contribution in [0.5, 0.6) is 0 Å². The quantitative estimate of drug-likeness (QED) is 0.761. The fourth-order valence-electron chi connectivity index (χ4n) is 4.56. The van der Waals surface area contributed by atoms with Gasteiger partial charge < -0.3 is 15.5 Å². The monoisotopic (exact) mass is 391 g/mol. The maximum Gasteiger partial charge on any atom is 0.251 e. The predicted molar refractivity (Wildman–Crippen MR) is 118 cm³/mol. The van der Waals surface area contributed by atoms with Crippen LogP contribution in [0.1, 0.15) is 40.7 Å². The molecule has 0 aliphatic carbocycles. The van der Waals surface area contributed by atoms with E-state index in [1.54, 1.807) is 0 Å². The molecule has 2 aliphatic rings. The van der Waals surface area contributed by atoms with Crippen molar-refractivity contribution < 1.29 is 4.79 Å². The van der Waals surface area contributed by atoms with E-state index in [0.717, 1.165) is 64.0 Å². The van der Waals surface area contributed by atoms with Crippen molar-refractivity contribution in [2.24, 2.45) is 5.92 Å². The number of carbonyl (C=O) groups excluding carboxylic acids is 1. The van der Waals surface area contributed by atoms with Crippen molar-refractivity contribution in [1.29, 1.82) is 0 Å². The van der Waals surface area contributed by atoms with Crippen LogP contribution in [0, 0.1) is 5.92 Å². The summed E-state index contributed by atoms with van der Waals surface area (Å²) in [7, 11) is 0. The average molecular weight is 392 g/mol. The minimum atomic E-state index is 0.0825. The number of hydrogen-bond donors (Lipinski definition) is 2. The molecule has 2 fully saturated rings. The van der Waals surface area contributed by atoms with Gasteiger partial charge in [0.1, 0.15) is 0 Å². The molecule has 0 radical (unpaired) electrons. The number of likely N-dealkylation sites (tertiary alicyclic amines) is 1. The summed E-state index contributed by atoms with van der Waals surface area (Å²) in [5.41, 5.74) is 3.48. The Morgan fingerprint density at radius 3 is 2.55 bits per heavy atom. The van der Waals surface area contributed by atoms with E-state index >= 15 is 0 Å². The summed E-state index contributed by atoms with van der Waals surface area (Å²) in [6, 6.07) is 19.2. The predicted octanol–water partition coefficient (Wildman–Crippen LogP) is 3.28. The molecular weight excluding hydrogens is 358 g/mol. The molecule has 4 rings (SSSR count). The smallest absolute Gasteiger partial charge is 0.251 e. The second-order valence-corrected chi connectivity index (χ2v) is 8.59. The molecule has 0 spiro atoms. The molecule has 29 heavy (non-hydrogen) atoms. The topological polar surface area (TPSA) is 44.4 Å². The van der Waals surface area contributed by atoms with Gasteiger partial charge in [-0.05, 0) is 74.4 Å². The number of hydrogen-bond acceptors (Lipinski definition) is 3. The molecule has 0 bridgehead atoms. The SMILES string of the molecule is O=C(NC1CCN(CCc2ccccc2)CC1)c1cccc(CC2CCNC2)c1. The fourth-order valence-corrected chi connectivity index (χ4v) is 4.56. The Morgan fingerprint density at radius 1 is 1.00 bits per heavy atom. The maximum atomic E-state index is 12.8. The third-order valence-corrected chi connectivity index (χ3v) is 6.36. The van der Waals surface area contributed by atoms with E-state index in [4.69, 9.17) is 0 Å². The molecule has 1 unspecified atom stereocenters. The Kier molecular flexibility index (Phi) is 6.96. The van der Waals surface area contributed by atoms with Gasteiger partial charge in [-0.3, -0.25) is 4.79 Å². The number of piperidine rings is 1. The standard InChI is InChI=1S/C25H33N3O/c29-25(23-8-4-7-21(18-23)17-22-9-13-26-19-22)27-24-11-15-28(16-12-24)14-10-20-5-2-1-3-6-20/h1-8,18,22,24,26H,9-17,19H2,(H,27,29). The number of nitrogens with zero attached hydrogens (tertiary/aromatic N) is 1. The molecule has 0 aromatic heterocycles. The first-order valence-electron chi connectivity index (χ1n) is 11.1. The van der Waals surface area contributed by atoms with E-state index in [1.807, 2.05) is 12.1 Å². The number of rotatable bonds is 7. The first kappa shape index (κ1) is 20.1. The Morgan fingerprint density at radius 2 is 1.79 bits per heavy atom. The molecule has 1 amide bonds. The van der Waals surface area contributed by atoms with Crippen molar-refractivity contribution in [3.8, 4) is 0 Å². The molecule has 2 aliphatic heterocycles. The summed E-state index contributed by atoms with van der Waals surface area (Å²) >= 11 is 0. The van der Waals surface area contributed by atoms with Crippen molar-refractivity contribution in [2.45, 2.75) is 38.1 Å². The highest BCUT2D eigenvalue weighted by Crippen LogP contribution is 2.17. The van der Waals surface area contributed by atoms with Gasteiger partial charge in [-0.15, -0.1) is 0 Å². The van der Waals surface area contributed by atoms with Crippen molar-refractivity contribution in [1.82, 2.24) is 15.5 Å².